The van der Waals surface area contributed by atoms with Gasteiger partial charge in [-0.05, 0) is 64.7 Å². The normalized spacial score (nSPS) is 13.5. The van der Waals surface area contributed by atoms with Crippen LogP contribution >= 0.6 is 15.9 Å². The second kappa shape index (κ2) is 5.37. The molecule has 102 valence electrons. The number of rotatable bonds is 2. The predicted molar refractivity (Wildman–Crippen MR) is 77.8 cm³/mol. The van der Waals surface area contributed by atoms with Crippen molar-refractivity contribution in [2.45, 2.75) is 12.8 Å². The third kappa shape index (κ3) is 2.36. The van der Waals surface area contributed by atoms with Crippen LogP contribution in [0.1, 0.15) is 27.9 Å². The van der Waals surface area contributed by atoms with Crippen molar-refractivity contribution in [2.75, 3.05) is 6.61 Å². The lowest BCUT2D eigenvalue weighted by Gasteiger charge is -2.17. The molecule has 0 fully saturated rings. The zero-order valence-electron chi connectivity index (χ0n) is 10.7. The summed E-state index contributed by atoms with van der Waals surface area (Å²) in [6, 6.07) is 10.0. The van der Waals surface area contributed by atoms with Crippen LogP contribution in [0.3, 0.4) is 0 Å². The maximum atomic E-state index is 14.0. The first kappa shape index (κ1) is 13.3. The first-order chi connectivity index (χ1) is 9.66. The van der Waals surface area contributed by atoms with E-state index in [2.05, 4.69) is 15.9 Å². The molecule has 0 bridgehead atoms. The van der Waals surface area contributed by atoms with Gasteiger partial charge < -0.3 is 4.74 Å². The van der Waals surface area contributed by atoms with E-state index >= 15 is 0 Å². The molecule has 2 aromatic rings. The zero-order chi connectivity index (χ0) is 14.1. The predicted octanol–water partition coefficient (Wildman–Crippen LogP) is 4.14. The van der Waals surface area contributed by atoms with Crippen LogP contribution < -0.4 is 4.74 Å². The fourth-order valence-corrected chi connectivity index (χ4v) is 2.70. The van der Waals surface area contributed by atoms with Crippen LogP contribution in [0.2, 0.25) is 0 Å². The van der Waals surface area contributed by atoms with Gasteiger partial charge >= 0.3 is 0 Å². The fourth-order valence-electron chi connectivity index (χ4n) is 2.34. The summed E-state index contributed by atoms with van der Waals surface area (Å²) >= 11 is 3.10. The lowest BCUT2D eigenvalue weighted by Crippen LogP contribution is -2.10. The lowest BCUT2D eigenvalue weighted by atomic mass is 9.98. The standard InChI is InChI=1S/C16H12BrFO2/c17-13-5-1-4-12(15(13)18)16(19)11-6-7-14-10(9-11)3-2-8-20-14/h1,4-7,9H,2-3,8H2. The van der Waals surface area contributed by atoms with Gasteiger partial charge in [-0.25, -0.2) is 4.39 Å². The molecule has 1 aliphatic heterocycles. The van der Waals surface area contributed by atoms with E-state index in [1.54, 1.807) is 30.3 Å². The zero-order valence-corrected chi connectivity index (χ0v) is 12.2. The van der Waals surface area contributed by atoms with Crippen LogP contribution in [0.5, 0.6) is 5.75 Å². The maximum absolute atomic E-state index is 14.0. The Balaban J connectivity index is 2.00. The number of benzene rings is 2. The summed E-state index contributed by atoms with van der Waals surface area (Å²) in [4.78, 5) is 12.4. The Labute approximate surface area is 124 Å². The molecule has 4 heteroatoms. The van der Waals surface area contributed by atoms with E-state index in [0.717, 1.165) is 24.2 Å². The van der Waals surface area contributed by atoms with Gasteiger partial charge in [0.15, 0.2) is 5.78 Å². The number of aryl methyl sites for hydroxylation is 1. The van der Waals surface area contributed by atoms with E-state index in [4.69, 9.17) is 4.74 Å². The quantitative estimate of drug-likeness (QED) is 0.771. The van der Waals surface area contributed by atoms with Crippen molar-refractivity contribution in [3.8, 4) is 5.75 Å². The monoisotopic (exact) mass is 334 g/mol. The Bertz CT molecular complexity index is 682. The molecule has 0 unspecified atom stereocenters. The van der Waals surface area contributed by atoms with Crippen LogP contribution in [0, 0.1) is 5.82 Å². The number of halogens is 2. The van der Waals surface area contributed by atoms with E-state index < -0.39 is 5.82 Å². The van der Waals surface area contributed by atoms with Gasteiger partial charge in [0.25, 0.3) is 0 Å². The van der Waals surface area contributed by atoms with Gasteiger partial charge in [0.05, 0.1) is 16.6 Å². The molecule has 0 saturated carbocycles. The fraction of sp³-hybridized carbons (Fsp3) is 0.188. The van der Waals surface area contributed by atoms with Crippen LogP contribution in [-0.4, -0.2) is 12.4 Å². The van der Waals surface area contributed by atoms with E-state index in [1.165, 1.54) is 6.07 Å². The molecule has 0 amide bonds. The number of carbonyl (C=O) groups is 1. The van der Waals surface area contributed by atoms with Crippen molar-refractivity contribution in [1.82, 2.24) is 0 Å². The Hall–Kier alpha value is -1.68. The number of ketones is 1. The summed E-state index contributed by atoms with van der Waals surface area (Å²) in [6.45, 7) is 0.709. The molecule has 2 nitrogen and oxygen atoms in total. The van der Waals surface area contributed by atoms with Crippen LogP contribution in [-0.2, 0) is 6.42 Å². The van der Waals surface area contributed by atoms with Gasteiger partial charge in [-0.2, -0.15) is 0 Å². The van der Waals surface area contributed by atoms with Crippen molar-refractivity contribution < 1.29 is 13.9 Å². The summed E-state index contributed by atoms with van der Waals surface area (Å²) in [5.41, 5.74) is 1.58. The molecule has 0 radical (unpaired) electrons. The molecule has 0 N–H and O–H groups in total. The molecule has 1 aliphatic rings. The number of ether oxygens (including phenoxy) is 1. The van der Waals surface area contributed by atoms with Gasteiger partial charge in [0.1, 0.15) is 11.6 Å². The summed E-state index contributed by atoms with van der Waals surface area (Å²) < 4.78 is 19.8. The smallest absolute Gasteiger partial charge is 0.196 e. The minimum atomic E-state index is -0.522. The van der Waals surface area contributed by atoms with Crippen LogP contribution in [0.4, 0.5) is 4.39 Å². The number of hydrogen-bond donors (Lipinski definition) is 0. The molecular weight excluding hydrogens is 323 g/mol. The van der Waals surface area contributed by atoms with E-state index in [9.17, 15) is 9.18 Å². The first-order valence-electron chi connectivity index (χ1n) is 6.41. The molecule has 2 aromatic carbocycles. The number of fused-ring (bicyclic) bond motifs is 1. The van der Waals surface area contributed by atoms with Crippen molar-refractivity contribution in [2.24, 2.45) is 0 Å². The molecule has 0 aromatic heterocycles. The van der Waals surface area contributed by atoms with Gasteiger partial charge in [-0.15, -0.1) is 0 Å². The van der Waals surface area contributed by atoms with Gasteiger partial charge in [-0.3, -0.25) is 4.79 Å². The second-order valence-corrected chi connectivity index (χ2v) is 5.56. The highest BCUT2D eigenvalue weighted by molar-refractivity contribution is 9.10. The Kier molecular flexibility index (Phi) is 3.57. The Morgan fingerprint density at radius 2 is 2.10 bits per heavy atom. The highest BCUT2D eigenvalue weighted by atomic mass is 79.9. The molecule has 1 heterocycles. The van der Waals surface area contributed by atoms with Gasteiger partial charge in [0.2, 0.25) is 0 Å². The number of hydrogen-bond acceptors (Lipinski definition) is 2. The Morgan fingerprint density at radius 3 is 2.95 bits per heavy atom. The second-order valence-electron chi connectivity index (χ2n) is 4.71. The molecular formula is C16H12BrFO2. The van der Waals surface area contributed by atoms with E-state index in [1.807, 2.05) is 0 Å². The topological polar surface area (TPSA) is 26.3 Å². The molecule has 0 aliphatic carbocycles. The molecule has 0 atom stereocenters. The average molecular weight is 335 g/mol. The third-order valence-electron chi connectivity index (χ3n) is 3.37. The minimum absolute atomic E-state index is 0.0797. The summed E-state index contributed by atoms with van der Waals surface area (Å²) in [6.07, 6.45) is 1.83. The SMILES string of the molecule is O=C(c1ccc2c(c1)CCCO2)c1cccc(Br)c1F. The van der Waals surface area contributed by atoms with E-state index in [-0.39, 0.29) is 11.3 Å². The minimum Gasteiger partial charge on any atom is -0.493 e. The maximum Gasteiger partial charge on any atom is 0.196 e. The largest absolute Gasteiger partial charge is 0.493 e. The van der Waals surface area contributed by atoms with Crippen LogP contribution in [0.15, 0.2) is 40.9 Å². The van der Waals surface area contributed by atoms with Gasteiger partial charge in [0, 0.05) is 5.56 Å². The number of carbonyl (C=O) groups excluding carboxylic acids is 1. The molecule has 0 spiro atoms. The molecule has 20 heavy (non-hydrogen) atoms. The summed E-state index contributed by atoms with van der Waals surface area (Å²) in [5, 5.41) is 0. The molecule has 3 rings (SSSR count). The van der Waals surface area contributed by atoms with Crippen molar-refractivity contribution in [3.63, 3.8) is 0 Å². The first-order valence-corrected chi connectivity index (χ1v) is 7.20. The van der Waals surface area contributed by atoms with Crippen molar-refractivity contribution in [3.05, 3.63) is 63.4 Å². The molecule has 0 saturated heterocycles. The average Bonchev–Trinajstić information content (AvgIpc) is 2.49. The summed E-state index contributed by atoms with van der Waals surface area (Å²) in [7, 11) is 0. The van der Waals surface area contributed by atoms with E-state index in [0.29, 0.717) is 16.6 Å². The van der Waals surface area contributed by atoms with Crippen molar-refractivity contribution >= 4 is 21.7 Å². The highest BCUT2D eigenvalue weighted by Gasteiger charge is 2.18. The summed E-state index contributed by atoms with van der Waals surface area (Å²) in [5.74, 6) is -0.00819. The third-order valence-corrected chi connectivity index (χ3v) is 3.98. The van der Waals surface area contributed by atoms with Crippen LogP contribution in [0.25, 0.3) is 0 Å². The van der Waals surface area contributed by atoms with Gasteiger partial charge in [-0.1, -0.05) is 6.07 Å². The Morgan fingerprint density at radius 1 is 1.25 bits per heavy atom. The highest BCUT2D eigenvalue weighted by Crippen LogP contribution is 2.27. The lowest BCUT2D eigenvalue weighted by molar-refractivity contribution is 0.103. The van der Waals surface area contributed by atoms with Crippen molar-refractivity contribution in [1.29, 1.82) is 0 Å².